The molecule has 1 aromatic heterocycles. The average molecular weight is 371 g/mol. The van der Waals surface area contributed by atoms with Gasteiger partial charge in [0, 0.05) is 11.3 Å². The van der Waals surface area contributed by atoms with Crippen molar-refractivity contribution >= 4 is 22.5 Å². The summed E-state index contributed by atoms with van der Waals surface area (Å²) in [5, 5.41) is 3.26. The molecule has 0 radical (unpaired) electrons. The van der Waals surface area contributed by atoms with Crippen molar-refractivity contribution in [3.05, 3.63) is 95.0 Å². The van der Waals surface area contributed by atoms with E-state index in [0.29, 0.717) is 33.6 Å². The molecule has 28 heavy (non-hydrogen) atoms. The Labute approximate surface area is 161 Å². The van der Waals surface area contributed by atoms with Gasteiger partial charge >= 0.3 is 0 Å². The first-order valence-corrected chi connectivity index (χ1v) is 8.68. The Kier molecular flexibility index (Phi) is 4.60. The average Bonchev–Trinajstić information content (AvgIpc) is 2.74. The molecule has 6 nitrogen and oxygen atoms in total. The molecule has 3 aromatic carbocycles. The fourth-order valence-corrected chi connectivity index (χ4v) is 2.91. The highest BCUT2D eigenvalue weighted by Crippen LogP contribution is 2.16. The molecule has 4 aromatic rings. The Morgan fingerprint density at radius 2 is 1.75 bits per heavy atom. The number of fused-ring (bicyclic) bond motifs is 1. The van der Waals surface area contributed by atoms with Crippen molar-refractivity contribution in [2.24, 2.45) is 0 Å². The summed E-state index contributed by atoms with van der Waals surface area (Å²) in [7, 11) is 1.59. The Hall–Kier alpha value is -3.93. The number of nitrogens with one attached hydrogen (secondary N) is 1. The summed E-state index contributed by atoms with van der Waals surface area (Å²) in [5.41, 5.74) is 2.09. The van der Waals surface area contributed by atoms with Crippen LogP contribution in [0.25, 0.3) is 16.6 Å². The summed E-state index contributed by atoms with van der Waals surface area (Å²) in [6, 6.07) is 21.2. The van der Waals surface area contributed by atoms with E-state index in [2.05, 4.69) is 10.3 Å². The van der Waals surface area contributed by atoms with Crippen molar-refractivity contribution in [1.29, 1.82) is 0 Å². The van der Waals surface area contributed by atoms with Crippen LogP contribution < -0.4 is 15.6 Å². The molecule has 138 valence electrons. The van der Waals surface area contributed by atoms with E-state index in [1.54, 1.807) is 49.6 Å². The Bertz CT molecular complexity index is 1200. The second-order valence-electron chi connectivity index (χ2n) is 6.17. The van der Waals surface area contributed by atoms with Gasteiger partial charge in [-0.15, -0.1) is 0 Å². The van der Waals surface area contributed by atoms with Crippen LogP contribution >= 0.6 is 0 Å². The predicted molar refractivity (Wildman–Crippen MR) is 108 cm³/mol. The maximum atomic E-state index is 12.8. The number of hydrogen-bond acceptors (Lipinski definition) is 4. The monoisotopic (exact) mass is 371 g/mol. The van der Waals surface area contributed by atoms with E-state index in [4.69, 9.17) is 4.74 Å². The van der Waals surface area contributed by atoms with E-state index in [9.17, 15) is 9.59 Å². The maximum Gasteiger partial charge on any atom is 0.265 e. The maximum absolute atomic E-state index is 12.8. The highest BCUT2D eigenvalue weighted by Gasteiger charge is 2.11. The molecule has 6 heteroatoms. The van der Waals surface area contributed by atoms with Crippen LogP contribution in [-0.2, 0) is 0 Å². The molecule has 4 rings (SSSR count). The van der Waals surface area contributed by atoms with Crippen LogP contribution in [0.2, 0.25) is 0 Å². The smallest absolute Gasteiger partial charge is 0.265 e. The van der Waals surface area contributed by atoms with Gasteiger partial charge < -0.3 is 10.1 Å². The molecule has 0 spiro atoms. The van der Waals surface area contributed by atoms with E-state index in [1.807, 2.05) is 30.3 Å². The van der Waals surface area contributed by atoms with Gasteiger partial charge in [-0.2, -0.15) is 0 Å². The molecule has 1 N–H and O–H groups in total. The summed E-state index contributed by atoms with van der Waals surface area (Å²) < 4.78 is 6.61. The van der Waals surface area contributed by atoms with Gasteiger partial charge in [0.25, 0.3) is 11.5 Å². The summed E-state index contributed by atoms with van der Waals surface area (Å²) in [4.78, 5) is 29.7. The van der Waals surface area contributed by atoms with Crippen molar-refractivity contribution in [2.75, 3.05) is 12.4 Å². The normalized spacial score (nSPS) is 10.6. The van der Waals surface area contributed by atoms with Crippen LogP contribution in [-0.4, -0.2) is 22.6 Å². The van der Waals surface area contributed by atoms with Crippen molar-refractivity contribution in [3.63, 3.8) is 0 Å². The second-order valence-corrected chi connectivity index (χ2v) is 6.17. The van der Waals surface area contributed by atoms with Gasteiger partial charge in [-0.25, -0.2) is 4.98 Å². The summed E-state index contributed by atoms with van der Waals surface area (Å²) in [5.74, 6) is 0.453. The van der Waals surface area contributed by atoms with Crippen LogP contribution in [0.1, 0.15) is 10.4 Å². The number of rotatable bonds is 4. The second kappa shape index (κ2) is 7.36. The van der Waals surface area contributed by atoms with Crippen LogP contribution in [0.5, 0.6) is 5.75 Å². The number of nitrogens with zero attached hydrogens (tertiary/aromatic N) is 2. The molecule has 0 atom stereocenters. The van der Waals surface area contributed by atoms with E-state index in [0.717, 1.165) is 0 Å². The zero-order chi connectivity index (χ0) is 19.5. The Balaban J connectivity index is 1.67. The van der Waals surface area contributed by atoms with Crippen LogP contribution in [0.4, 0.5) is 5.69 Å². The first-order chi connectivity index (χ1) is 13.7. The standard InChI is InChI=1S/C22H17N3O3/c1-28-18-10-8-17(9-11-18)25-14-23-20-13-15(7-12-19(20)22(25)27)21(26)24-16-5-3-2-4-6-16/h2-14H,1H3,(H,24,26). The summed E-state index contributed by atoms with van der Waals surface area (Å²) in [6.45, 7) is 0. The third kappa shape index (κ3) is 3.35. The van der Waals surface area contributed by atoms with Crippen molar-refractivity contribution in [2.45, 2.75) is 0 Å². The number of hydrogen-bond donors (Lipinski definition) is 1. The van der Waals surface area contributed by atoms with Gasteiger partial charge in [0.1, 0.15) is 12.1 Å². The number of benzene rings is 3. The van der Waals surface area contributed by atoms with Gasteiger partial charge in [-0.05, 0) is 54.6 Å². The van der Waals surface area contributed by atoms with Crippen molar-refractivity contribution in [3.8, 4) is 11.4 Å². The van der Waals surface area contributed by atoms with Gasteiger partial charge in [0.2, 0.25) is 0 Å². The highest BCUT2D eigenvalue weighted by molar-refractivity contribution is 6.06. The summed E-state index contributed by atoms with van der Waals surface area (Å²) in [6.07, 6.45) is 1.46. The molecule has 0 aliphatic rings. The first-order valence-electron chi connectivity index (χ1n) is 8.68. The van der Waals surface area contributed by atoms with Crippen molar-refractivity contribution in [1.82, 2.24) is 9.55 Å². The van der Waals surface area contributed by atoms with Gasteiger partial charge in [0.15, 0.2) is 0 Å². The minimum Gasteiger partial charge on any atom is -0.497 e. The molecule has 0 saturated heterocycles. The zero-order valence-corrected chi connectivity index (χ0v) is 15.1. The molecule has 1 amide bonds. The number of ether oxygens (including phenoxy) is 1. The molecule has 0 saturated carbocycles. The first kappa shape index (κ1) is 17.5. The van der Waals surface area contributed by atoms with E-state index in [1.165, 1.54) is 10.9 Å². The molecule has 0 fully saturated rings. The van der Waals surface area contributed by atoms with Gasteiger partial charge in [0.05, 0.1) is 23.7 Å². The number of amides is 1. The number of aromatic nitrogens is 2. The van der Waals surface area contributed by atoms with Crippen molar-refractivity contribution < 1.29 is 9.53 Å². The largest absolute Gasteiger partial charge is 0.497 e. The zero-order valence-electron chi connectivity index (χ0n) is 15.1. The van der Waals surface area contributed by atoms with E-state index >= 15 is 0 Å². The van der Waals surface area contributed by atoms with Gasteiger partial charge in [-0.1, -0.05) is 18.2 Å². The van der Waals surface area contributed by atoms with Crippen LogP contribution in [0, 0.1) is 0 Å². The fourth-order valence-electron chi connectivity index (χ4n) is 2.91. The third-order valence-corrected chi connectivity index (χ3v) is 4.40. The molecular formula is C22H17N3O3. The quantitative estimate of drug-likeness (QED) is 0.594. The third-order valence-electron chi connectivity index (χ3n) is 4.40. The lowest BCUT2D eigenvalue weighted by Crippen LogP contribution is -2.19. The molecule has 1 heterocycles. The predicted octanol–water partition coefficient (Wildman–Crippen LogP) is 3.65. The lowest BCUT2D eigenvalue weighted by molar-refractivity contribution is 0.102. The molecular weight excluding hydrogens is 354 g/mol. The number of methoxy groups -OCH3 is 1. The Morgan fingerprint density at radius 3 is 2.46 bits per heavy atom. The fraction of sp³-hybridized carbons (Fsp3) is 0.0455. The highest BCUT2D eigenvalue weighted by atomic mass is 16.5. The van der Waals surface area contributed by atoms with Crippen LogP contribution in [0.15, 0.2) is 83.9 Å². The molecule has 0 aliphatic heterocycles. The van der Waals surface area contributed by atoms with Crippen LogP contribution in [0.3, 0.4) is 0 Å². The number of carbonyl (C=O) groups is 1. The van der Waals surface area contributed by atoms with Gasteiger partial charge in [-0.3, -0.25) is 14.2 Å². The number of para-hydroxylation sites is 1. The number of anilines is 1. The lowest BCUT2D eigenvalue weighted by atomic mass is 10.1. The minimum absolute atomic E-state index is 0.204. The minimum atomic E-state index is -0.255. The summed E-state index contributed by atoms with van der Waals surface area (Å²) >= 11 is 0. The number of carbonyl (C=O) groups excluding carboxylic acids is 1. The topological polar surface area (TPSA) is 73.2 Å². The molecule has 0 unspecified atom stereocenters. The van der Waals surface area contributed by atoms with E-state index < -0.39 is 0 Å². The molecule has 0 bridgehead atoms. The molecule has 0 aliphatic carbocycles. The Morgan fingerprint density at radius 1 is 1.00 bits per heavy atom. The lowest BCUT2D eigenvalue weighted by Gasteiger charge is -2.09. The van der Waals surface area contributed by atoms with E-state index in [-0.39, 0.29) is 11.5 Å². The SMILES string of the molecule is COc1ccc(-n2cnc3cc(C(=O)Nc4ccccc4)ccc3c2=O)cc1.